The Labute approximate surface area is 119 Å². The predicted octanol–water partition coefficient (Wildman–Crippen LogP) is 3.76. The van der Waals surface area contributed by atoms with E-state index in [1.807, 2.05) is 0 Å². The Hall–Kier alpha value is -1.75. The maximum absolute atomic E-state index is 13.1. The molecule has 0 radical (unpaired) electrons. The monoisotopic (exact) mass is 325 g/mol. The van der Waals surface area contributed by atoms with Crippen LogP contribution >= 0.6 is 15.9 Å². The molecule has 19 heavy (non-hydrogen) atoms. The zero-order chi connectivity index (χ0) is 13.8. The smallest absolute Gasteiger partial charge is 0.142 e. The van der Waals surface area contributed by atoms with E-state index < -0.39 is 0 Å². The molecule has 0 aromatic heterocycles. The number of nitrogen functional groups attached to an aromatic ring is 1. The van der Waals surface area contributed by atoms with Crippen molar-refractivity contribution in [3.05, 3.63) is 52.3 Å². The number of halogens is 2. The van der Waals surface area contributed by atoms with Gasteiger partial charge in [-0.2, -0.15) is 0 Å². The van der Waals surface area contributed by atoms with Crippen molar-refractivity contribution in [2.24, 2.45) is 0 Å². The first-order valence-corrected chi connectivity index (χ1v) is 6.39. The molecule has 0 fully saturated rings. The number of hydrogen-bond donors (Lipinski definition) is 1. The summed E-state index contributed by atoms with van der Waals surface area (Å²) in [5.41, 5.74) is 7.01. The lowest BCUT2D eigenvalue weighted by Crippen LogP contribution is -1.99. The maximum Gasteiger partial charge on any atom is 0.142 e. The highest BCUT2D eigenvalue weighted by atomic mass is 79.9. The standard InChI is InChI=1S/C14H13BrFNO2/c1-18-14-5-3-11(7-13(14)17)19-8-9-6-10(16)2-4-12(9)15/h2-7H,8,17H2,1H3. The summed E-state index contributed by atoms with van der Waals surface area (Å²) in [5, 5.41) is 0. The van der Waals surface area contributed by atoms with Gasteiger partial charge in [-0.05, 0) is 30.3 Å². The summed E-state index contributed by atoms with van der Waals surface area (Å²) in [7, 11) is 1.55. The fourth-order valence-corrected chi connectivity index (χ4v) is 1.98. The molecule has 0 aliphatic rings. The van der Waals surface area contributed by atoms with Crippen LogP contribution in [0.4, 0.5) is 10.1 Å². The number of benzene rings is 2. The molecule has 100 valence electrons. The number of hydrogen-bond acceptors (Lipinski definition) is 3. The predicted molar refractivity (Wildman–Crippen MR) is 75.8 cm³/mol. The van der Waals surface area contributed by atoms with Crippen LogP contribution in [0.1, 0.15) is 5.56 Å². The molecule has 5 heteroatoms. The normalized spacial score (nSPS) is 10.3. The van der Waals surface area contributed by atoms with Crippen LogP contribution in [0, 0.1) is 5.82 Å². The molecule has 0 amide bonds. The van der Waals surface area contributed by atoms with Gasteiger partial charge >= 0.3 is 0 Å². The largest absolute Gasteiger partial charge is 0.495 e. The van der Waals surface area contributed by atoms with E-state index in [4.69, 9.17) is 15.2 Å². The molecular formula is C14H13BrFNO2. The van der Waals surface area contributed by atoms with Gasteiger partial charge in [-0.15, -0.1) is 0 Å². The fraction of sp³-hybridized carbons (Fsp3) is 0.143. The van der Waals surface area contributed by atoms with Gasteiger partial charge in [0.05, 0.1) is 12.8 Å². The summed E-state index contributed by atoms with van der Waals surface area (Å²) >= 11 is 3.35. The molecule has 2 N–H and O–H groups in total. The van der Waals surface area contributed by atoms with Gasteiger partial charge in [0.25, 0.3) is 0 Å². The lowest BCUT2D eigenvalue weighted by molar-refractivity contribution is 0.304. The molecule has 0 aliphatic carbocycles. The number of anilines is 1. The SMILES string of the molecule is COc1ccc(OCc2cc(F)ccc2Br)cc1N. The minimum absolute atomic E-state index is 0.254. The highest BCUT2D eigenvalue weighted by molar-refractivity contribution is 9.10. The summed E-state index contributed by atoms with van der Waals surface area (Å²) in [4.78, 5) is 0. The van der Waals surface area contributed by atoms with Crippen molar-refractivity contribution >= 4 is 21.6 Å². The second-order valence-corrected chi connectivity index (χ2v) is 4.78. The summed E-state index contributed by atoms with van der Waals surface area (Å²) in [6.45, 7) is 0.254. The Morgan fingerprint density at radius 3 is 2.68 bits per heavy atom. The quantitative estimate of drug-likeness (QED) is 0.870. The number of ether oxygens (including phenoxy) is 2. The molecule has 2 rings (SSSR count). The Morgan fingerprint density at radius 2 is 2.00 bits per heavy atom. The van der Waals surface area contributed by atoms with Gasteiger partial charge in [0, 0.05) is 16.1 Å². The highest BCUT2D eigenvalue weighted by Gasteiger charge is 2.05. The first kappa shape index (κ1) is 13.7. The lowest BCUT2D eigenvalue weighted by atomic mass is 10.2. The van der Waals surface area contributed by atoms with Crippen molar-refractivity contribution in [2.45, 2.75) is 6.61 Å². The maximum atomic E-state index is 13.1. The Morgan fingerprint density at radius 1 is 1.21 bits per heavy atom. The zero-order valence-corrected chi connectivity index (χ0v) is 11.9. The van der Waals surface area contributed by atoms with Crippen molar-refractivity contribution in [3.8, 4) is 11.5 Å². The van der Waals surface area contributed by atoms with E-state index in [0.29, 0.717) is 17.2 Å². The number of methoxy groups -OCH3 is 1. The van der Waals surface area contributed by atoms with Crippen LogP contribution in [0.25, 0.3) is 0 Å². The molecule has 2 aromatic carbocycles. The van der Waals surface area contributed by atoms with Gasteiger partial charge in [-0.3, -0.25) is 0 Å². The summed E-state index contributed by atoms with van der Waals surface area (Å²) in [6, 6.07) is 9.62. The van der Waals surface area contributed by atoms with Crippen LogP contribution < -0.4 is 15.2 Å². The van der Waals surface area contributed by atoms with Gasteiger partial charge in [0.2, 0.25) is 0 Å². The average molecular weight is 326 g/mol. The van der Waals surface area contributed by atoms with E-state index in [0.717, 1.165) is 10.0 Å². The van der Waals surface area contributed by atoms with E-state index >= 15 is 0 Å². The van der Waals surface area contributed by atoms with Crippen molar-refractivity contribution < 1.29 is 13.9 Å². The van der Waals surface area contributed by atoms with E-state index in [1.165, 1.54) is 12.1 Å². The minimum Gasteiger partial charge on any atom is -0.495 e. The Balaban J connectivity index is 2.10. The Bertz CT molecular complexity index is 590. The second kappa shape index (κ2) is 5.93. The molecule has 0 saturated carbocycles. The molecule has 0 spiro atoms. The summed E-state index contributed by atoms with van der Waals surface area (Å²) in [6.07, 6.45) is 0. The molecule has 0 saturated heterocycles. The van der Waals surface area contributed by atoms with Gasteiger partial charge in [-0.25, -0.2) is 4.39 Å². The summed E-state index contributed by atoms with van der Waals surface area (Å²) in [5.74, 6) is 0.907. The summed E-state index contributed by atoms with van der Waals surface area (Å²) < 4.78 is 24.6. The van der Waals surface area contributed by atoms with Crippen molar-refractivity contribution in [1.29, 1.82) is 0 Å². The van der Waals surface area contributed by atoms with Crippen LogP contribution in [0.2, 0.25) is 0 Å². The molecule has 0 unspecified atom stereocenters. The van der Waals surface area contributed by atoms with Crippen LogP contribution in [0.3, 0.4) is 0 Å². The lowest BCUT2D eigenvalue weighted by Gasteiger charge is -2.10. The molecule has 3 nitrogen and oxygen atoms in total. The van der Waals surface area contributed by atoms with E-state index in [-0.39, 0.29) is 12.4 Å². The molecule has 0 heterocycles. The van der Waals surface area contributed by atoms with Crippen LogP contribution in [-0.2, 0) is 6.61 Å². The van der Waals surface area contributed by atoms with Crippen molar-refractivity contribution in [1.82, 2.24) is 0 Å². The molecule has 2 aromatic rings. The number of nitrogens with two attached hydrogens (primary N) is 1. The van der Waals surface area contributed by atoms with Crippen LogP contribution in [0.5, 0.6) is 11.5 Å². The molecule has 0 bridgehead atoms. The van der Waals surface area contributed by atoms with Gasteiger partial charge in [-0.1, -0.05) is 15.9 Å². The van der Waals surface area contributed by atoms with Crippen LogP contribution in [-0.4, -0.2) is 7.11 Å². The van der Waals surface area contributed by atoms with Gasteiger partial charge in [0.15, 0.2) is 0 Å². The second-order valence-electron chi connectivity index (χ2n) is 3.93. The van der Waals surface area contributed by atoms with Gasteiger partial charge in [0.1, 0.15) is 23.9 Å². The van der Waals surface area contributed by atoms with Crippen molar-refractivity contribution in [2.75, 3.05) is 12.8 Å². The zero-order valence-electron chi connectivity index (χ0n) is 10.3. The van der Waals surface area contributed by atoms with E-state index in [9.17, 15) is 4.39 Å². The molecule has 0 atom stereocenters. The minimum atomic E-state index is -0.295. The van der Waals surface area contributed by atoms with E-state index in [2.05, 4.69) is 15.9 Å². The third-order valence-corrected chi connectivity index (χ3v) is 3.38. The number of rotatable bonds is 4. The highest BCUT2D eigenvalue weighted by Crippen LogP contribution is 2.27. The average Bonchev–Trinajstić information content (AvgIpc) is 2.40. The first-order valence-electron chi connectivity index (χ1n) is 5.60. The fourth-order valence-electron chi connectivity index (χ4n) is 1.62. The first-order chi connectivity index (χ1) is 9.10. The molecular weight excluding hydrogens is 313 g/mol. The molecule has 0 aliphatic heterocycles. The van der Waals surface area contributed by atoms with Gasteiger partial charge < -0.3 is 15.2 Å². The van der Waals surface area contributed by atoms with Crippen LogP contribution in [0.15, 0.2) is 40.9 Å². The van der Waals surface area contributed by atoms with Crippen molar-refractivity contribution in [3.63, 3.8) is 0 Å². The van der Waals surface area contributed by atoms with E-state index in [1.54, 1.807) is 31.4 Å². The topological polar surface area (TPSA) is 44.5 Å². The Kier molecular flexibility index (Phi) is 4.27. The third-order valence-electron chi connectivity index (χ3n) is 2.60. The third kappa shape index (κ3) is 3.38.